The maximum Gasteiger partial charge on any atom is 0.164 e. The number of para-hydroxylation sites is 1. The molecule has 0 aliphatic heterocycles. The van der Waals surface area contributed by atoms with Crippen LogP contribution in [-0.4, -0.2) is 15.0 Å². The average molecular weight is 676 g/mol. The number of hydrogen-bond acceptors (Lipinski definition) is 4. The van der Waals surface area contributed by atoms with E-state index < -0.39 is 0 Å². The lowest BCUT2D eigenvalue weighted by Gasteiger charge is -2.13. The van der Waals surface area contributed by atoms with Gasteiger partial charge in [0.15, 0.2) is 17.5 Å². The fourth-order valence-corrected chi connectivity index (χ4v) is 7.95. The van der Waals surface area contributed by atoms with Crippen molar-refractivity contribution < 1.29 is 4.42 Å². The second-order valence-electron chi connectivity index (χ2n) is 13.6. The van der Waals surface area contributed by atoms with E-state index in [-0.39, 0.29) is 0 Å². The van der Waals surface area contributed by atoms with E-state index in [1.165, 1.54) is 37.7 Å². The molecule has 0 spiro atoms. The van der Waals surface area contributed by atoms with Crippen molar-refractivity contribution in [3.05, 3.63) is 176 Å². The van der Waals surface area contributed by atoms with Crippen LogP contribution in [0.25, 0.3) is 110 Å². The van der Waals surface area contributed by atoms with Crippen LogP contribution in [0.4, 0.5) is 0 Å². The van der Waals surface area contributed by atoms with Gasteiger partial charge >= 0.3 is 0 Å². The van der Waals surface area contributed by atoms with Gasteiger partial charge in [-0.1, -0.05) is 152 Å². The van der Waals surface area contributed by atoms with Gasteiger partial charge in [-0.2, -0.15) is 0 Å². The Morgan fingerprint density at radius 2 is 0.849 bits per heavy atom. The largest absolute Gasteiger partial charge is 0.456 e. The summed E-state index contributed by atoms with van der Waals surface area (Å²) >= 11 is 0. The summed E-state index contributed by atoms with van der Waals surface area (Å²) < 4.78 is 6.30. The first kappa shape index (κ1) is 29.5. The Hall–Kier alpha value is -7.17. The Morgan fingerprint density at radius 3 is 1.68 bits per heavy atom. The normalized spacial score (nSPS) is 11.8. The fourth-order valence-electron chi connectivity index (χ4n) is 7.95. The Labute approximate surface area is 304 Å². The molecule has 4 heteroatoms. The van der Waals surface area contributed by atoms with Crippen LogP contribution >= 0.6 is 0 Å². The molecule has 0 saturated heterocycles. The van der Waals surface area contributed by atoms with E-state index in [0.29, 0.717) is 17.5 Å². The van der Waals surface area contributed by atoms with Crippen molar-refractivity contribution in [2.24, 2.45) is 0 Å². The molecule has 0 amide bonds. The van der Waals surface area contributed by atoms with Crippen molar-refractivity contribution >= 4 is 65.0 Å². The number of hydrogen-bond donors (Lipinski definition) is 0. The van der Waals surface area contributed by atoms with Gasteiger partial charge in [0.25, 0.3) is 0 Å². The topological polar surface area (TPSA) is 51.8 Å². The molecule has 0 saturated carbocycles. The number of nitrogens with zero attached hydrogens (tertiary/aromatic N) is 3. The van der Waals surface area contributed by atoms with Gasteiger partial charge in [0.05, 0.1) is 0 Å². The summed E-state index contributed by atoms with van der Waals surface area (Å²) in [7, 11) is 0. The summed E-state index contributed by atoms with van der Waals surface area (Å²) in [5.41, 5.74) is 6.61. The highest BCUT2D eigenvalue weighted by molar-refractivity contribution is 6.18. The van der Waals surface area contributed by atoms with Gasteiger partial charge in [-0.3, -0.25) is 0 Å². The maximum atomic E-state index is 6.30. The molecule has 53 heavy (non-hydrogen) atoms. The van der Waals surface area contributed by atoms with E-state index in [9.17, 15) is 0 Å². The monoisotopic (exact) mass is 675 g/mol. The third-order valence-electron chi connectivity index (χ3n) is 10.5. The third kappa shape index (κ3) is 4.80. The average Bonchev–Trinajstić information content (AvgIpc) is 3.62. The lowest BCUT2D eigenvalue weighted by molar-refractivity contribution is 0.669. The summed E-state index contributed by atoms with van der Waals surface area (Å²) in [5.74, 6) is 1.86. The van der Waals surface area contributed by atoms with Crippen LogP contribution in [0, 0.1) is 0 Å². The minimum absolute atomic E-state index is 0.613. The van der Waals surface area contributed by atoms with Crippen LogP contribution in [0.1, 0.15) is 0 Å². The standard InChI is InChI=1S/C49H29N3O/c1-2-12-33-28-34(22-20-30(33)10-1)47-50-48(35-23-21-32-25-26-38-36-13-4-3-11-31(36)24-27-39(38)43(32)29-35)52-49(51-47)41-15-6-5-14-37(41)40-17-9-19-45-46(40)42-16-7-8-18-44(42)53-45/h1-29H. The van der Waals surface area contributed by atoms with E-state index in [4.69, 9.17) is 19.4 Å². The van der Waals surface area contributed by atoms with Gasteiger partial charge in [0, 0.05) is 27.5 Å². The molecular weight excluding hydrogens is 647 g/mol. The van der Waals surface area contributed by atoms with Crippen molar-refractivity contribution in [3.8, 4) is 45.3 Å². The second-order valence-corrected chi connectivity index (χ2v) is 13.6. The van der Waals surface area contributed by atoms with Gasteiger partial charge < -0.3 is 4.42 Å². The molecule has 11 rings (SSSR count). The van der Waals surface area contributed by atoms with Crippen molar-refractivity contribution in [1.29, 1.82) is 0 Å². The first-order valence-corrected chi connectivity index (χ1v) is 17.9. The molecule has 246 valence electrons. The van der Waals surface area contributed by atoms with Crippen LogP contribution in [0.3, 0.4) is 0 Å². The van der Waals surface area contributed by atoms with Crippen molar-refractivity contribution in [2.45, 2.75) is 0 Å². The Morgan fingerprint density at radius 1 is 0.302 bits per heavy atom. The molecule has 11 aromatic rings. The Kier molecular flexibility index (Phi) is 6.52. The molecule has 0 aliphatic carbocycles. The molecule has 0 fully saturated rings. The summed E-state index contributed by atoms with van der Waals surface area (Å²) in [5, 5.41) is 11.7. The third-order valence-corrected chi connectivity index (χ3v) is 10.5. The van der Waals surface area contributed by atoms with E-state index >= 15 is 0 Å². The highest BCUT2D eigenvalue weighted by atomic mass is 16.3. The van der Waals surface area contributed by atoms with E-state index in [1.807, 2.05) is 18.2 Å². The summed E-state index contributed by atoms with van der Waals surface area (Å²) in [4.78, 5) is 15.7. The first-order valence-electron chi connectivity index (χ1n) is 17.9. The van der Waals surface area contributed by atoms with Crippen molar-refractivity contribution in [1.82, 2.24) is 15.0 Å². The lowest BCUT2D eigenvalue weighted by Crippen LogP contribution is -2.01. The molecule has 0 unspecified atom stereocenters. The fraction of sp³-hybridized carbons (Fsp3) is 0. The highest BCUT2D eigenvalue weighted by Gasteiger charge is 2.19. The molecular formula is C49H29N3O. The lowest BCUT2D eigenvalue weighted by atomic mass is 9.95. The molecule has 0 atom stereocenters. The molecule has 0 radical (unpaired) electrons. The molecule has 4 nitrogen and oxygen atoms in total. The number of aromatic nitrogens is 3. The number of fused-ring (bicyclic) bond motifs is 9. The van der Waals surface area contributed by atoms with Crippen molar-refractivity contribution in [2.75, 3.05) is 0 Å². The predicted molar refractivity (Wildman–Crippen MR) is 219 cm³/mol. The van der Waals surface area contributed by atoms with Gasteiger partial charge in [-0.25, -0.2) is 15.0 Å². The van der Waals surface area contributed by atoms with Crippen LogP contribution in [0.15, 0.2) is 180 Å². The van der Waals surface area contributed by atoms with Gasteiger partial charge in [-0.15, -0.1) is 0 Å². The predicted octanol–water partition coefficient (Wildman–Crippen LogP) is 13.1. The minimum Gasteiger partial charge on any atom is -0.456 e. The SMILES string of the molecule is c1ccc(-c2cccc3oc4ccccc4c23)c(-c2nc(-c3ccc4ccccc4c3)nc(-c3ccc4ccc5c6ccccc6ccc5c4c3)n2)c1. The van der Waals surface area contributed by atoms with Gasteiger partial charge in [0.2, 0.25) is 0 Å². The quantitative estimate of drug-likeness (QED) is 0.174. The van der Waals surface area contributed by atoms with Crippen molar-refractivity contribution in [3.63, 3.8) is 0 Å². The first-order chi connectivity index (χ1) is 26.2. The number of furan rings is 1. The Balaban J connectivity index is 1.16. The maximum absolute atomic E-state index is 6.30. The smallest absolute Gasteiger partial charge is 0.164 e. The molecule has 0 N–H and O–H groups in total. The van der Waals surface area contributed by atoms with Crippen LogP contribution in [0.5, 0.6) is 0 Å². The van der Waals surface area contributed by atoms with E-state index in [2.05, 4.69) is 158 Å². The summed E-state index contributed by atoms with van der Waals surface area (Å²) in [6.07, 6.45) is 0. The zero-order valence-corrected chi connectivity index (χ0v) is 28.5. The van der Waals surface area contributed by atoms with Crippen LogP contribution in [-0.2, 0) is 0 Å². The summed E-state index contributed by atoms with van der Waals surface area (Å²) in [6, 6.07) is 61.7. The van der Waals surface area contributed by atoms with Gasteiger partial charge in [-0.05, 0) is 78.5 Å². The molecule has 9 aromatic carbocycles. The molecule has 0 aliphatic rings. The zero-order valence-electron chi connectivity index (χ0n) is 28.5. The zero-order chi connectivity index (χ0) is 34.9. The van der Waals surface area contributed by atoms with Crippen LogP contribution in [0.2, 0.25) is 0 Å². The number of benzene rings is 9. The second kappa shape index (κ2) is 11.7. The molecule has 2 aromatic heterocycles. The Bertz CT molecular complexity index is 3250. The summed E-state index contributed by atoms with van der Waals surface area (Å²) in [6.45, 7) is 0. The molecule has 2 heterocycles. The van der Waals surface area contributed by atoms with Crippen LogP contribution < -0.4 is 0 Å². The molecule has 0 bridgehead atoms. The van der Waals surface area contributed by atoms with Gasteiger partial charge in [0.1, 0.15) is 11.2 Å². The van der Waals surface area contributed by atoms with E-state index in [0.717, 1.165) is 55.1 Å². The highest BCUT2D eigenvalue weighted by Crippen LogP contribution is 2.41. The van der Waals surface area contributed by atoms with E-state index in [1.54, 1.807) is 0 Å². The minimum atomic E-state index is 0.613. The number of rotatable bonds is 4.